The summed E-state index contributed by atoms with van der Waals surface area (Å²) >= 11 is 0. The predicted octanol–water partition coefficient (Wildman–Crippen LogP) is 1.25. The molecule has 16 heteroatoms. The molecule has 0 aliphatic carbocycles. The van der Waals surface area contributed by atoms with Gasteiger partial charge in [-0.25, -0.2) is 14.8 Å². The zero-order chi connectivity index (χ0) is 33.1. The summed E-state index contributed by atoms with van der Waals surface area (Å²) in [4.78, 5) is 99.5. The number of carbonyl (C=O) groups excluding carboxylic acids is 4. The molecule has 2 atom stereocenters. The third-order valence-corrected chi connectivity index (χ3v) is 6.73. The summed E-state index contributed by atoms with van der Waals surface area (Å²) in [5.74, 6) is -7.75. The molecule has 238 valence electrons. The number of fused-ring (bicyclic) bond motifs is 1. The topological polar surface area (TPSA) is 264 Å². The van der Waals surface area contributed by atoms with Gasteiger partial charge in [-0.05, 0) is 37.1 Å². The van der Waals surface area contributed by atoms with E-state index in [9.17, 15) is 43.8 Å². The van der Waals surface area contributed by atoms with Crippen LogP contribution in [-0.4, -0.2) is 71.4 Å². The molecule has 0 radical (unpaired) electrons. The number of aromatic amines is 1. The normalized spacial score (nSPS) is 12.2. The third kappa shape index (κ3) is 10.0. The van der Waals surface area contributed by atoms with E-state index in [1.165, 1.54) is 30.5 Å². The van der Waals surface area contributed by atoms with Crippen LogP contribution in [0.25, 0.3) is 11.2 Å². The Morgan fingerprint density at radius 3 is 2.29 bits per heavy atom. The molecular formula is C29H33N7O9. The van der Waals surface area contributed by atoms with Crippen LogP contribution in [0.3, 0.4) is 0 Å². The zero-order valence-electron chi connectivity index (χ0n) is 24.4. The lowest BCUT2D eigenvalue weighted by atomic mass is 9.91. The highest BCUT2D eigenvalue weighted by Crippen LogP contribution is 2.16. The number of benzene rings is 1. The van der Waals surface area contributed by atoms with Crippen molar-refractivity contribution in [3.05, 3.63) is 52.1 Å². The minimum Gasteiger partial charge on any atom is -0.481 e. The van der Waals surface area contributed by atoms with Gasteiger partial charge < -0.3 is 26.6 Å². The van der Waals surface area contributed by atoms with Crippen LogP contribution in [-0.2, 0) is 30.5 Å². The standard InChI is InChI=1S/C29H33N7O9/c1-2-3-4-18(37)9-10-19(38)11-22(39)20(27(42)43)12-21(28(44)45)34-25(40)15-5-7-16(8-6-15)31-13-17-14-32-24-23(33-17)26(41)36-29(30)35-24/h5-8,14,20-21,31H,2-4,9-13H2,1H3,(H,34,40)(H,42,43)(H,44,45)(H3,30,32,35,36,41). The lowest BCUT2D eigenvalue weighted by Crippen LogP contribution is -2.44. The predicted molar refractivity (Wildman–Crippen MR) is 159 cm³/mol. The summed E-state index contributed by atoms with van der Waals surface area (Å²) < 4.78 is 0. The summed E-state index contributed by atoms with van der Waals surface area (Å²) in [5, 5.41) is 24.4. The van der Waals surface area contributed by atoms with Crippen LogP contribution >= 0.6 is 0 Å². The van der Waals surface area contributed by atoms with Gasteiger partial charge in [-0.1, -0.05) is 13.3 Å². The smallest absolute Gasteiger partial charge is 0.326 e. The number of ketones is 3. The highest BCUT2D eigenvalue weighted by molar-refractivity contribution is 6.08. The summed E-state index contributed by atoms with van der Waals surface area (Å²) in [6, 6.07) is 4.08. The fraction of sp³-hybridized carbons (Fsp3) is 0.379. The van der Waals surface area contributed by atoms with Crippen molar-refractivity contribution in [2.75, 3.05) is 11.1 Å². The Kier molecular flexibility index (Phi) is 11.9. The van der Waals surface area contributed by atoms with Crippen molar-refractivity contribution in [2.24, 2.45) is 5.92 Å². The number of amides is 1. The number of H-pyrrole nitrogens is 1. The van der Waals surface area contributed by atoms with Gasteiger partial charge in [-0.15, -0.1) is 0 Å². The van der Waals surface area contributed by atoms with E-state index < -0.39 is 59.8 Å². The third-order valence-electron chi connectivity index (χ3n) is 6.73. The number of hydrogen-bond donors (Lipinski definition) is 6. The Morgan fingerprint density at radius 1 is 0.956 bits per heavy atom. The number of nitrogens with zero attached hydrogens (tertiary/aromatic N) is 3. The molecule has 0 saturated heterocycles. The van der Waals surface area contributed by atoms with E-state index in [1.54, 1.807) is 0 Å². The number of carbonyl (C=O) groups is 6. The molecule has 16 nitrogen and oxygen atoms in total. The number of aliphatic carboxylic acids is 2. The number of nitrogens with one attached hydrogen (secondary N) is 3. The first kappa shape index (κ1) is 34.0. The zero-order valence-corrected chi connectivity index (χ0v) is 24.4. The number of nitrogen functional groups attached to an aromatic ring is 1. The second-order valence-corrected chi connectivity index (χ2v) is 10.2. The number of carboxylic acid groups (broad SMARTS) is 2. The van der Waals surface area contributed by atoms with Gasteiger partial charge in [0, 0.05) is 30.5 Å². The van der Waals surface area contributed by atoms with Crippen LogP contribution < -0.4 is 21.9 Å². The van der Waals surface area contributed by atoms with Crippen LogP contribution in [0.4, 0.5) is 11.6 Å². The summed E-state index contributed by atoms with van der Waals surface area (Å²) in [7, 11) is 0. The molecule has 3 rings (SSSR count). The van der Waals surface area contributed by atoms with Crippen molar-refractivity contribution >= 4 is 58.0 Å². The Labute approximate surface area is 255 Å². The van der Waals surface area contributed by atoms with E-state index in [0.717, 1.165) is 6.42 Å². The Morgan fingerprint density at radius 2 is 1.64 bits per heavy atom. The lowest BCUT2D eigenvalue weighted by molar-refractivity contribution is -0.148. The Hall–Kier alpha value is -5.54. The summed E-state index contributed by atoms with van der Waals surface area (Å²) in [5.41, 5.74) is 6.06. The van der Waals surface area contributed by atoms with Crippen molar-refractivity contribution in [1.82, 2.24) is 25.3 Å². The van der Waals surface area contributed by atoms with Gasteiger partial charge in [-0.3, -0.25) is 33.8 Å². The van der Waals surface area contributed by atoms with Crippen LogP contribution in [0, 0.1) is 5.92 Å². The van der Waals surface area contributed by atoms with Gasteiger partial charge in [0.05, 0.1) is 24.9 Å². The van der Waals surface area contributed by atoms with E-state index >= 15 is 0 Å². The molecule has 0 bridgehead atoms. The molecule has 2 unspecified atom stereocenters. The van der Waals surface area contributed by atoms with Gasteiger partial charge in [-0.2, -0.15) is 4.98 Å². The van der Waals surface area contributed by atoms with E-state index in [2.05, 4.69) is 30.6 Å². The first-order valence-electron chi connectivity index (χ1n) is 14.1. The first-order valence-corrected chi connectivity index (χ1v) is 14.1. The molecule has 0 aliphatic heterocycles. The number of rotatable bonds is 18. The molecule has 0 fully saturated rings. The minimum atomic E-state index is -1.86. The number of aromatic nitrogens is 4. The molecule has 45 heavy (non-hydrogen) atoms. The molecule has 1 amide bonds. The molecule has 0 aliphatic rings. The summed E-state index contributed by atoms with van der Waals surface area (Å²) in [6.07, 6.45) is 1.39. The fourth-order valence-corrected chi connectivity index (χ4v) is 4.24. The number of carboxylic acids is 2. The number of unbranched alkanes of at least 4 members (excludes halogenated alkanes) is 1. The number of Topliss-reactive ketones (excluding diaryl/α,β-unsaturated/α-hetero) is 3. The van der Waals surface area contributed by atoms with Crippen LogP contribution in [0.15, 0.2) is 35.3 Å². The highest BCUT2D eigenvalue weighted by Gasteiger charge is 2.34. The Balaban J connectivity index is 1.58. The number of nitrogens with two attached hydrogens (primary N) is 1. The van der Waals surface area contributed by atoms with Crippen molar-refractivity contribution in [1.29, 1.82) is 0 Å². The van der Waals surface area contributed by atoms with Crippen molar-refractivity contribution in [3.8, 4) is 0 Å². The lowest BCUT2D eigenvalue weighted by Gasteiger charge is -2.18. The molecule has 7 N–H and O–H groups in total. The largest absolute Gasteiger partial charge is 0.481 e. The second-order valence-electron chi connectivity index (χ2n) is 10.2. The SMILES string of the molecule is CCCCC(=O)CCC(=O)CC(=O)C(CC(NC(=O)c1ccc(NCc2cnc3nc(N)[nH]c(=O)c3n2)cc1)C(=O)O)C(=O)O. The highest BCUT2D eigenvalue weighted by atomic mass is 16.4. The van der Waals surface area contributed by atoms with Crippen molar-refractivity contribution < 1.29 is 39.0 Å². The van der Waals surface area contributed by atoms with E-state index in [1.807, 2.05) is 6.92 Å². The average molecular weight is 624 g/mol. The maximum absolute atomic E-state index is 12.8. The van der Waals surface area contributed by atoms with Crippen LogP contribution in [0.5, 0.6) is 0 Å². The monoisotopic (exact) mass is 623 g/mol. The van der Waals surface area contributed by atoms with E-state index in [4.69, 9.17) is 5.73 Å². The van der Waals surface area contributed by atoms with Gasteiger partial charge in [0.15, 0.2) is 16.9 Å². The molecular weight excluding hydrogens is 590 g/mol. The van der Waals surface area contributed by atoms with Crippen LogP contribution in [0.2, 0.25) is 0 Å². The molecule has 0 spiro atoms. The first-order chi connectivity index (χ1) is 21.4. The number of anilines is 2. The molecule has 1 aromatic carbocycles. The summed E-state index contributed by atoms with van der Waals surface area (Å²) in [6.45, 7) is 2.07. The van der Waals surface area contributed by atoms with E-state index in [0.29, 0.717) is 24.2 Å². The van der Waals surface area contributed by atoms with Gasteiger partial charge in [0.25, 0.3) is 11.5 Å². The van der Waals surface area contributed by atoms with Gasteiger partial charge in [0.2, 0.25) is 5.95 Å². The molecule has 2 heterocycles. The van der Waals surface area contributed by atoms with Gasteiger partial charge >= 0.3 is 11.9 Å². The fourth-order valence-electron chi connectivity index (χ4n) is 4.24. The molecule has 3 aromatic rings. The van der Waals surface area contributed by atoms with Gasteiger partial charge in [0.1, 0.15) is 23.5 Å². The maximum atomic E-state index is 12.8. The average Bonchev–Trinajstić information content (AvgIpc) is 2.99. The number of hydrogen-bond acceptors (Lipinski definition) is 12. The molecule has 0 saturated carbocycles. The second kappa shape index (κ2) is 15.8. The minimum absolute atomic E-state index is 0.0104. The van der Waals surface area contributed by atoms with Crippen LogP contribution in [0.1, 0.15) is 67.9 Å². The van der Waals surface area contributed by atoms with Crippen molar-refractivity contribution in [2.45, 2.75) is 64.5 Å². The van der Waals surface area contributed by atoms with Crippen molar-refractivity contribution in [3.63, 3.8) is 0 Å². The quantitative estimate of drug-likeness (QED) is 0.109. The molecule has 2 aromatic heterocycles. The maximum Gasteiger partial charge on any atom is 0.326 e. The Bertz CT molecular complexity index is 1650. The van der Waals surface area contributed by atoms with E-state index in [-0.39, 0.29) is 47.8 Å².